The number of hydrogen-bond donors (Lipinski definition) is 2. The molecule has 1 aliphatic heterocycles. The molecule has 104 valence electrons. The highest BCUT2D eigenvalue weighted by atomic mass is 16.3. The number of aliphatic hydroxyl groups excluding tert-OH is 1. The summed E-state index contributed by atoms with van der Waals surface area (Å²) in [5.41, 5.74) is 1.44. The van der Waals surface area contributed by atoms with E-state index in [0.717, 1.165) is 31.6 Å². The summed E-state index contributed by atoms with van der Waals surface area (Å²) in [6, 6.07) is 1.82. The molecule has 1 amide bonds. The summed E-state index contributed by atoms with van der Waals surface area (Å²) in [7, 11) is 0. The predicted octanol–water partition coefficient (Wildman–Crippen LogP) is 1.36. The third-order valence-corrected chi connectivity index (χ3v) is 3.48. The molecule has 5 heteroatoms. The van der Waals surface area contributed by atoms with Crippen LogP contribution in [0.1, 0.15) is 30.1 Å². The Labute approximate surface area is 113 Å². The lowest BCUT2D eigenvalue weighted by Crippen LogP contribution is -2.41. The van der Waals surface area contributed by atoms with Crippen molar-refractivity contribution in [2.75, 3.05) is 31.6 Å². The van der Waals surface area contributed by atoms with E-state index in [1.54, 1.807) is 12.4 Å². The van der Waals surface area contributed by atoms with E-state index in [9.17, 15) is 9.90 Å². The van der Waals surface area contributed by atoms with Gasteiger partial charge in [-0.15, -0.1) is 0 Å². The number of piperidine rings is 1. The zero-order valence-corrected chi connectivity index (χ0v) is 11.3. The number of carbonyl (C=O) groups excluding carboxylic acids is 1. The van der Waals surface area contributed by atoms with Crippen molar-refractivity contribution >= 4 is 11.6 Å². The van der Waals surface area contributed by atoms with Crippen molar-refractivity contribution in [3.63, 3.8) is 0 Å². The second-order valence-corrected chi connectivity index (χ2v) is 4.89. The van der Waals surface area contributed by atoms with Crippen LogP contribution in [0.5, 0.6) is 0 Å². The third kappa shape index (κ3) is 3.23. The molecule has 2 rings (SSSR count). The molecule has 5 nitrogen and oxygen atoms in total. The number of anilines is 1. The minimum atomic E-state index is 0.00204. The van der Waals surface area contributed by atoms with E-state index in [2.05, 4.69) is 10.3 Å². The summed E-state index contributed by atoms with van der Waals surface area (Å²) in [4.78, 5) is 18.4. The molecule has 1 aromatic rings. The number of carbonyl (C=O) groups is 1. The maximum absolute atomic E-state index is 12.5. The van der Waals surface area contributed by atoms with Crippen molar-refractivity contribution in [2.24, 2.45) is 5.92 Å². The molecule has 2 heterocycles. The number of amides is 1. The van der Waals surface area contributed by atoms with Crippen LogP contribution < -0.4 is 5.32 Å². The van der Waals surface area contributed by atoms with Crippen molar-refractivity contribution in [3.05, 3.63) is 24.0 Å². The van der Waals surface area contributed by atoms with E-state index in [1.807, 2.05) is 17.9 Å². The summed E-state index contributed by atoms with van der Waals surface area (Å²) in [6.45, 7) is 4.31. The number of pyridine rings is 1. The number of nitrogens with one attached hydrogen (secondary N) is 1. The molecule has 1 unspecified atom stereocenters. The molecule has 1 fully saturated rings. The number of aromatic nitrogens is 1. The average Bonchev–Trinajstić information content (AvgIpc) is 2.47. The van der Waals surface area contributed by atoms with Gasteiger partial charge in [0.2, 0.25) is 0 Å². The molecular weight excluding hydrogens is 242 g/mol. The van der Waals surface area contributed by atoms with Crippen molar-refractivity contribution in [1.29, 1.82) is 0 Å². The van der Waals surface area contributed by atoms with Crippen LogP contribution in [0.3, 0.4) is 0 Å². The second kappa shape index (κ2) is 6.52. The lowest BCUT2D eigenvalue weighted by atomic mass is 9.98. The highest BCUT2D eigenvalue weighted by Crippen LogP contribution is 2.21. The lowest BCUT2D eigenvalue weighted by molar-refractivity contribution is 0.0621. The fourth-order valence-corrected chi connectivity index (χ4v) is 2.48. The first-order valence-electron chi connectivity index (χ1n) is 6.84. The Morgan fingerprint density at radius 3 is 3.21 bits per heavy atom. The molecule has 0 aromatic carbocycles. The largest absolute Gasteiger partial charge is 0.396 e. The quantitative estimate of drug-likeness (QED) is 0.861. The van der Waals surface area contributed by atoms with E-state index in [-0.39, 0.29) is 18.4 Å². The Hall–Kier alpha value is -1.62. The second-order valence-electron chi connectivity index (χ2n) is 4.89. The van der Waals surface area contributed by atoms with Crippen molar-refractivity contribution in [2.45, 2.75) is 19.8 Å². The third-order valence-electron chi connectivity index (χ3n) is 3.48. The van der Waals surface area contributed by atoms with Gasteiger partial charge in [-0.3, -0.25) is 9.78 Å². The summed E-state index contributed by atoms with van der Waals surface area (Å²) in [5.74, 6) is 0.208. The van der Waals surface area contributed by atoms with Crippen molar-refractivity contribution in [3.8, 4) is 0 Å². The Kier molecular flexibility index (Phi) is 4.74. The topological polar surface area (TPSA) is 65.5 Å². The summed E-state index contributed by atoms with van der Waals surface area (Å²) < 4.78 is 0. The molecule has 19 heavy (non-hydrogen) atoms. The molecule has 0 radical (unpaired) electrons. The monoisotopic (exact) mass is 263 g/mol. The highest BCUT2D eigenvalue weighted by Gasteiger charge is 2.25. The van der Waals surface area contributed by atoms with Gasteiger partial charge in [0, 0.05) is 38.6 Å². The molecule has 0 spiro atoms. The van der Waals surface area contributed by atoms with Gasteiger partial charge in [0.05, 0.1) is 11.3 Å². The van der Waals surface area contributed by atoms with Gasteiger partial charge >= 0.3 is 0 Å². The van der Waals surface area contributed by atoms with Gasteiger partial charge in [-0.2, -0.15) is 0 Å². The van der Waals surface area contributed by atoms with Gasteiger partial charge in [-0.25, -0.2) is 0 Å². The molecule has 1 aromatic heterocycles. The molecule has 2 N–H and O–H groups in total. The molecule has 1 aliphatic rings. The number of hydrogen-bond acceptors (Lipinski definition) is 4. The molecule has 0 saturated carbocycles. The fraction of sp³-hybridized carbons (Fsp3) is 0.571. The maximum Gasteiger partial charge on any atom is 0.257 e. The molecule has 1 saturated heterocycles. The standard InChI is InChI=1S/C14H21N3O2/c1-2-16-13-5-6-15-8-12(13)14(19)17-7-3-4-11(9-17)10-18/h5-6,8,11,18H,2-4,7,9-10H2,1H3,(H,15,16). The Morgan fingerprint density at radius 2 is 2.47 bits per heavy atom. The fourth-order valence-electron chi connectivity index (χ4n) is 2.48. The number of rotatable bonds is 4. The lowest BCUT2D eigenvalue weighted by Gasteiger charge is -2.32. The van der Waals surface area contributed by atoms with E-state index in [4.69, 9.17) is 0 Å². The highest BCUT2D eigenvalue weighted by molar-refractivity contribution is 5.99. The Bertz CT molecular complexity index is 436. The van der Waals surface area contributed by atoms with E-state index >= 15 is 0 Å². The van der Waals surface area contributed by atoms with E-state index in [0.29, 0.717) is 12.1 Å². The van der Waals surface area contributed by atoms with Crippen LogP contribution in [0.4, 0.5) is 5.69 Å². The van der Waals surface area contributed by atoms with Gasteiger partial charge in [-0.05, 0) is 31.7 Å². The summed E-state index contributed by atoms with van der Waals surface area (Å²) in [5, 5.41) is 12.4. The first-order chi connectivity index (χ1) is 9.26. The van der Waals surface area contributed by atoms with Crippen LogP contribution in [-0.4, -0.2) is 47.1 Å². The van der Waals surface area contributed by atoms with Crippen LogP contribution >= 0.6 is 0 Å². The summed E-state index contributed by atoms with van der Waals surface area (Å²) in [6.07, 6.45) is 5.24. The average molecular weight is 263 g/mol. The van der Waals surface area contributed by atoms with Gasteiger partial charge in [-0.1, -0.05) is 0 Å². The smallest absolute Gasteiger partial charge is 0.257 e. The van der Waals surface area contributed by atoms with Crippen LogP contribution in [0, 0.1) is 5.92 Å². The van der Waals surface area contributed by atoms with E-state index in [1.165, 1.54) is 0 Å². The SMILES string of the molecule is CCNc1ccncc1C(=O)N1CCCC(CO)C1. The molecule has 0 bridgehead atoms. The maximum atomic E-state index is 12.5. The van der Waals surface area contributed by atoms with Crippen molar-refractivity contribution in [1.82, 2.24) is 9.88 Å². The molecule has 1 atom stereocenters. The first kappa shape index (κ1) is 13.8. The normalized spacial score (nSPS) is 19.3. The minimum Gasteiger partial charge on any atom is -0.396 e. The predicted molar refractivity (Wildman–Crippen MR) is 74.1 cm³/mol. The zero-order valence-electron chi connectivity index (χ0n) is 11.3. The number of aliphatic hydroxyl groups is 1. The van der Waals surface area contributed by atoms with Gasteiger partial charge in [0.15, 0.2) is 0 Å². The summed E-state index contributed by atoms with van der Waals surface area (Å²) >= 11 is 0. The van der Waals surface area contributed by atoms with Crippen LogP contribution in [0.15, 0.2) is 18.5 Å². The van der Waals surface area contributed by atoms with Gasteiger partial charge < -0.3 is 15.3 Å². The van der Waals surface area contributed by atoms with E-state index < -0.39 is 0 Å². The Balaban J connectivity index is 2.14. The van der Waals surface area contributed by atoms with Crippen LogP contribution in [0.2, 0.25) is 0 Å². The minimum absolute atomic E-state index is 0.00204. The number of likely N-dealkylation sites (tertiary alicyclic amines) is 1. The van der Waals surface area contributed by atoms with Crippen LogP contribution in [0.25, 0.3) is 0 Å². The number of nitrogens with zero attached hydrogens (tertiary/aromatic N) is 2. The van der Waals surface area contributed by atoms with Gasteiger partial charge in [0.25, 0.3) is 5.91 Å². The first-order valence-corrected chi connectivity index (χ1v) is 6.84. The molecular formula is C14H21N3O2. The van der Waals surface area contributed by atoms with Gasteiger partial charge in [0.1, 0.15) is 0 Å². The zero-order chi connectivity index (χ0) is 13.7. The Morgan fingerprint density at radius 1 is 1.63 bits per heavy atom. The van der Waals surface area contributed by atoms with Crippen LogP contribution in [-0.2, 0) is 0 Å². The van der Waals surface area contributed by atoms with Crippen molar-refractivity contribution < 1.29 is 9.90 Å². The molecule has 0 aliphatic carbocycles.